The molecule has 0 aliphatic heterocycles. The number of aromatic nitrogens is 1. The maximum atomic E-state index is 13.0. The highest BCUT2D eigenvalue weighted by molar-refractivity contribution is 5.82. The van der Waals surface area contributed by atoms with E-state index in [0.29, 0.717) is 5.56 Å². The highest BCUT2D eigenvalue weighted by Gasteiger charge is 1.98. The van der Waals surface area contributed by atoms with Gasteiger partial charge in [0, 0.05) is 17.8 Å². The quantitative estimate of drug-likeness (QED) is 0.578. The van der Waals surface area contributed by atoms with E-state index in [-0.39, 0.29) is 5.82 Å². The van der Waals surface area contributed by atoms with Crippen molar-refractivity contribution >= 4 is 10.8 Å². The zero-order valence-electron chi connectivity index (χ0n) is 6.71. The molecule has 0 unspecified atom stereocenters. The van der Waals surface area contributed by atoms with Crippen LogP contribution in [0.25, 0.3) is 10.8 Å². The van der Waals surface area contributed by atoms with Crippen molar-refractivity contribution in [2.75, 3.05) is 0 Å². The molecule has 0 amide bonds. The van der Waals surface area contributed by atoms with Gasteiger partial charge in [-0.15, -0.1) is 0 Å². The van der Waals surface area contributed by atoms with Crippen LogP contribution < -0.4 is 0 Å². The predicted molar refractivity (Wildman–Crippen MR) is 46.4 cm³/mol. The van der Waals surface area contributed by atoms with Crippen molar-refractivity contribution in [2.24, 2.45) is 0 Å². The van der Waals surface area contributed by atoms with E-state index in [1.807, 2.05) is 12.1 Å². The number of halogens is 1. The highest BCUT2D eigenvalue weighted by Crippen LogP contribution is 2.16. The molecule has 2 heteroatoms. The van der Waals surface area contributed by atoms with Gasteiger partial charge < -0.3 is 0 Å². The molecule has 0 saturated heterocycles. The zero-order chi connectivity index (χ0) is 8.55. The maximum absolute atomic E-state index is 13.0. The fourth-order valence-corrected chi connectivity index (χ4v) is 1.22. The molecule has 60 valence electrons. The summed E-state index contributed by atoms with van der Waals surface area (Å²) in [5.74, 6) is -0.171. The van der Waals surface area contributed by atoms with Crippen LogP contribution in [0.5, 0.6) is 0 Å². The zero-order valence-corrected chi connectivity index (χ0v) is 6.71. The molecule has 0 radical (unpaired) electrons. The van der Waals surface area contributed by atoms with E-state index in [2.05, 4.69) is 4.98 Å². The highest BCUT2D eigenvalue weighted by atomic mass is 19.1. The van der Waals surface area contributed by atoms with Crippen LogP contribution in [0.1, 0.15) is 5.56 Å². The first-order valence-corrected chi connectivity index (χ1v) is 3.77. The van der Waals surface area contributed by atoms with Crippen molar-refractivity contribution in [2.45, 2.75) is 6.92 Å². The first-order chi connectivity index (χ1) is 5.77. The summed E-state index contributed by atoms with van der Waals surface area (Å²) in [5, 5.41) is 1.88. The van der Waals surface area contributed by atoms with Crippen LogP contribution in [0.15, 0.2) is 30.6 Å². The van der Waals surface area contributed by atoms with Gasteiger partial charge >= 0.3 is 0 Å². The first-order valence-electron chi connectivity index (χ1n) is 3.77. The molecule has 12 heavy (non-hydrogen) atoms. The van der Waals surface area contributed by atoms with Crippen molar-refractivity contribution in [3.63, 3.8) is 0 Å². The SMILES string of the molecule is Cc1cc2ccncc2cc1F. The van der Waals surface area contributed by atoms with Gasteiger partial charge in [0.05, 0.1) is 0 Å². The van der Waals surface area contributed by atoms with Gasteiger partial charge in [-0.1, -0.05) is 0 Å². The van der Waals surface area contributed by atoms with Crippen molar-refractivity contribution in [1.82, 2.24) is 4.98 Å². The largest absolute Gasteiger partial charge is 0.264 e. The third-order valence-corrected chi connectivity index (χ3v) is 1.92. The van der Waals surface area contributed by atoms with Crippen molar-refractivity contribution in [3.05, 3.63) is 42.0 Å². The van der Waals surface area contributed by atoms with Crippen LogP contribution in [0, 0.1) is 12.7 Å². The normalized spacial score (nSPS) is 10.5. The smallest absolute Gasteiger partial charge is 0.126 e. The second-order valence-corrected chi connectivity index (χ2v) is 2.82. The average molecular weight is 161 g/mol. The Kier molecular flexibility index (Phi) is 1.54. The number of benzene rings is 1. The Balaban J connectivity index is 2.84. The fraction of sp³-hybridized carbons (Fsp3) is 0.100. The Hall–Kier alpha value is -1.44. The van der Waals surface area contributed by atoms with Crippen molar-refractivity contribution in [3.8, 4) is 0 Å². The first kappa shape index (κ1) is 7.22. The molecule has 0 N–H and O–H groups in total. The topological polar surface area (TPSA) is 12.9 Å². The number of pyridine rings is 1. The Bertz CT molecular complexity index is 383. The van der Waals surface area contributed by atoms with E-state index in [4.69, 9.17) is 0 Å². The van der Waals surface area contributed by atoms with Crippen LogP contribution in [0.3, 0.4) is 0 Å². The van der Waals surface area contributed by atoms with Crippen LogP contribution in [0.4, 0.5) is 4.39 Å². The minimum Gasteiger partial charge on any atom is -0.264 e. The van der Waals surface area contributed by atoms with E-state index in [1.54, 1.807) is 19.3 Å². The van der Waals surface area contributed by atoms with Gasteiger partial charge in [0.25, 0.3) is 0 Å². The molecule has 0 bridgehead atoms. The molecule has 0 fully saturated rings. The van der Waals surface area contributed by atoms with E-state index >= 15 is 0 Å². The molecule has 0 spiro atoms. The summed E-state index contributed by atoms with van der Waals surface area (Å²) in [6.07, 6.45) is 3.37. The molecule has 0 atom stereocenters. The molecule has 1 heterocycles. The van der Waals surface area contributed by atoms with Gasteiger partial charge in [0.1, 0.15) is 5.82 Å². The second kappa shape index (κ2) is 2.55. The van der Waals surface area contributed by atoms with Gasteiger partial charge in [-0.3, -0.25) is 4.98 Å². The lowest BCUT2D eigenvalue weighted by molar-refractivity contribution is 0.620. The summed E-state index contributed by atoms with van der Waals surface area (Å²) >= 11 is 0. The number of aryl methyl sites for hydroxylation is 1. The maximum Gasteiger partial charge on any atom is 0.126 e. The number of hydrogen-bond acceptors (Lipinski definition) is 1. The summed E-state index contributed by atoms with van der Waals surface area (Å²) in [4.78, 5) is 3.92. The summed E-state index contributed by atoms with van der Waals surface area (Å²) in [6.45, 7) is 1.76. The molecule has 1 nitrogen and oxygen atoms in total. The Morgan fingerprint density at radius 1 is 1.25 bits per heavy atom. The van der Waals surface area contributed by atoms with E-state index in [1.165, 1.54) is 6.07 Å². The van der Waals surface area contributed by atoms with Gasteiger partial charge in [-0.05, 0) is 36.1 Å². The third-order valence-electron chi connectivity index (χ3n) is 1.92. The molecule has 0 aliphatic rings. The summed E-state index contributed by atoms with van der Waals surface area (Å²) in [5.41, 5.74) is 0.675. The number of nitrogens with zero attached hydrogens (tertiary/aromatic N) is 1. The lowest BCUT2D eigenvalue weighted by Crippen LogP contribution is -1.83. The van der Waals surface area contributed by atoms with Crippen LogP contribution >= 0.6 is 0 Å². The minimum absolute atomic E-state index is 0.171. The molecular weight excluding hydrogens is 153 g/mol. The fourth-order valence-electron chi connectivity index (χ4n) is 1.22. The van der Waals surface area contributed by atoms with E-state index in [9.17, 15) is 4.39 Å². The Morgan fingerprint density at radius 3 is 2.92 bits per heavy atom. The van der Waals surface area contributed by atoms with Crippen LogP contribution in [-0.4, -0.2) is 4.98 Å². The van der Waals surface area contributed by atoms with Crippen LogP contribution in [-0.2, 0) is 0 Å². The Morgan fingerprint density at radius 2 is 2.08 bits per heavy atom. The van der Waals surface area contributed by atoms with Crippen molar-refractivity contribution < 1.29 is 4.39 Å². The third kappa shape index (κ3) is 1.05. The number of rotatable bonds is 0. The summed E-state index contributed by atoms with van der Waals surface area (Å²) in [6, 6.07) is 5.21. The van der Waals surface area contributed by atoms with E-state index < -0.39 is 0 Å². The lowest BCUT2D eigenvalue weighted by Gasteiger charge is -1.99. The van der Waals surface area contributed by atoms with E-state index in [0.717, 1.165) is 10.8 Å². The summed E-state index contributed by atoms with van der Waals surface area (Å²) < 4.78 is 13.0. The molecular formula is C10H8FN. The molecule has 1 aromatic heterocycles. The Labute approximate surface area is 69.9 Å². The monoisotopic (exact) mass is 161 g/mol. The predicted octanol–water partition coefficient (Wildman–Crippen LogP) is 2.68. The lowest BCUT2D eigenvalue weighted by atomic mass is 10.1. The number of fused-ring (bicyclic) bond motifs is 1. The molecule has 0 saturated carbocycles. The van der Waals surface area contributed by atoms with Crippen LogP contribution in [0.2, 0.25) is 0 Å². The molecule has 2 aromatic rings. The van der Waals surface area contributed by atoms with Gasteiger partial charge in [0.15, 0.2) is 0 Å². The van der Waals surface area contributed by atoms with Gasteiger partial charge in [0.2, 0.25) is 0 Å². The van der Waals surface area contributed by atoms with Gasteiger partial charge in [-0.2, -0.15) is 0 Å². The standard InChI is InChI=1S/C10H8FN/c1-7-4-8-2-3-12-6-9(8)5-10(7)11/h2-6H,1H3. The molecule has 1 aromatic carbocycles. The summed E-state index contributed by atoms with van der Waals surface area (Å²) in [7, 11) is 0. The van der Waals surface area contributed by atoms with Gasteiger partial charge in [-0.25, -0.2) is 4.39 Å². The molecule has 2 rings (SSSR count). The second-order valence-electron chi connectivity index (χ2n) is 2.82. The number of hydrogen-bond donors (Lipinski definition) is 0. The van der Waals surface area contributed by atoms with Crippen molar-refractivity contribution in [1.29, 1.82) is 0 Å². The average Bonchev–Trinajstić information content (AvgIpc) is 2.07. The minimum atomic E-state index is -0.171. The molecule has 0 aliphatic carbocycles.